The third-order valence-electron chi connectivity index (χ3n) is 6.98. The summed E-state index contributed by atoms with van der Waals surface area (Å²) < 4.78 is 18.4. The highest BCUT2D eigenvalue weighted by Crippen LogP contribution is 2.44. The Morgan fingerprint density at radius 3 is 2.92 bits per heavy atom. The lowest BCUT2D eigenvalue weighted by Crippen LogP contribution is -2.39. The van der Waals surface area contributed by atoms with Crippen LogP contribution in [0.3, 0.4) is 0 Å². The zero-order valence-corrected chi connectivity index (χ0v) is 22.3. The normalized spacial score (nSPS) is 21.7. The molecule has 0 aromatic carbocycles. The van der Waals surface area contributed by atoms with E-state index in [2.05, 4.69) is 29.0 Å². The highest BCUT2D eigenvalue weighted by Gasteiger charge is 2.33. The number of morpholine rings is 1. The van der Waals surface area contributed by atoms with Crippen LogP contribution in [0, 0.1) is 0 Å². The number of hydrogen-bond donors (Lipinski definition) is 1. The Bertz CT molecular complexity index is 1280. The molecule has 0 spiro atoms. The molecule has 192 valence electrons. The van der Waals surface area contributed by atoms with Crippen LogP contribution in [-0.2, 0) is 32.0 Å². The van der Waals surface area contributed by atoms with E-state index in [0.717, 1.165) is 75.8 Å². The van der Waals surface area contributed by atoms with Crippen molar-refractivity contribution >= 4 is 55.3 Å². The molecule has 36 heavy (non-hydrogen) atoms. The summed E-state index contributed by atoms with van der Waals surface area (Å²) >= 11 is 3.07. The molecule has 11 heteroatoms. The first-order valence-corrected chi connectivity index (χ1v) is 14.4. The van der Waals surface area contributed by atoms with Gasteiger partial charge in [-0.05, 0) is 32.3 Å². The van der Waals surface area contributed by atoms with E-state index in [9.17, 15) is 4.79 Å². The summed E-state index contributed by atoms with van der Waals surface area (Å²) in [7, 11) is 0. The van der Waals surface area contributed by atoms with Crippen LogP contribution in [-0.4, -0.2) is 77.8 Å². The zero-order chi connectivity index (χ0) is 24.7. The standard InChI is InChI=1S/C25H31N5O4S2/c1-25(2)10-16-17(12-34-25)22(30-5-8-32-9-6-30)29-23-19(16)20-21(36-23)24(28-14-27-20)35-13-18(31)26-11-15-4-3-7-33-15/h14-15H,3-13H2,1-2H3,(H,26,31). The van der Waals surface area contributed by atoms with E-state index in [0.29, 0.717) is 32.1 Å². The molecule has 3 aliphatic rings. The predicted molar refractivity (Wildman–Crippen MR) is 141 cm³/mol. The van der Waals surface area contributed by atoms with Crippen molar-refractivity contribution in [1.82, 2.24) is 20.3 Å². The molecule has 1 unspecified atom stereocenters. The molecule has 1 N–H and O–H groups in total. The molecule has 9 nitrogen and oxygen atoms in total. The second-order valence-corrected chi connectivity index (χ2v) is 12.0. The predicted octanol–water partition coefficient (Wildman–Crippen LogP) is 3.31. The van der Waals surface area contributed by atoms with Crippen molar-refractivity contribution in [2.24, 2.45) is 0 Å². The first kappa shape index (κ1) is 24.3. The van der Waals surface area contributed by atoms with Gasteiger partial charge in [-0.2, -0.15) is 0 Å². The van der Waals surface area contributed by atoms with E-state index in [1.807, 2.05) is 0 Å². The van der Waals surface area contributed by atoms with Crippen molar-refractivity contribution in [3.8, 4) is 0 Å². The zero-order valence-electron chi connectivity index (χ0n) is 20.7. The van der Waals surface area contributed by atoms with E-state index in [4.69, 9.17) is 24.2 Å². The fourth-order valence-electron chi connectivity index (χ4n) is 5.13. The number of carbonyl (C=O) groups excluding carboxylic acids is 1. The second-order valence-electron chi connectivity index (χ2n) is 10.1. The number of anilines is 1. The SMILES string of the molecule is CC1(C)Cc2c(c(N3CCOCC3)nc3sc4c(SCC(=O)NCC5CCCO5)ncnc4c23)CO1. The maximum atomic E-state index is 12.5. The van der Waals surface area contributed by atoms with E-state index in [1.54, 1.807) is 17.7 Å². The molecule has 0 bridgehead atoms. The molecule has 1 atom stereocenters. The average Bonchev–Trinajstić information content (AvgIpc) is 3.53. The highest BCUT2D eigenvalue weighted by atomic mass is 32.2. The van der Waals surface area contributed by atoms with E-state index in [-0.39, 0.29) is 17.6 Å². The lowest BCUT2D eigenvalue weighted by atomic mass is 9.90. The number of ether oxygens (including phenoxy) is 3. The van der Waals surface area contributed by atoms with Gasteiger partial charge in [0.25, 0.3) is 0 Å². The summed E-state index contributed by atoms with van der Waals surface area (Å²) in [4.78, 5) is 30.2. The second kappa shape index (κ2) is 10.0. The Balaban J connectivity index is 1.33. The molecule has 3 aromatic rings. The lowest BCUT2D eigenvalue weighted by molar-refractivity contribution is -0.119. The van der Waals surface area contributed by atoms with Crippen molar-refractivity contribution in [2.75, 3.05) is 50.1 Å². The van der Waals surface area contributed by atoms with Crippen molar-refractivity contribution in [1.29, 1.82) is 0 Å². The van der Waals surface area contributed by atoms with Crippen LogP contribution >= 0.6 is 23.1 Å². The number of carbonyl (C=O) groups is 1. The molecule has 6 heterocycles. The summed E-state index contributed by atoms with van der Waals surface area (Å²) in [5, 5.41) is 4.92. The number of hydrogen-bond acceptors (Lipinski definition) is 10. The number of thioether (sulfide) groups is 1. The Hall–Kier alpha value is -2.05. The molecule has 0 aliphatic carbocycles. The number of nitrogens with one attached hydrogen (secondary N) is 1. The van der Waals surface area contributed by atoms with E-state index in [1.165, 1.54) is 17.3 Å². The number of aromatic nitrogens is 3. The number of rotatable bonds is 6. The molecular weight excluding hydrogens is 498 g/mol. The minimum Gasteiger partial charge on any atom is -0.378 e. The van der Waals surface area contributed by atoms with Gasteiger partial charge in [0.2, 0.25) is 5.91 Å². The highest BCUT2D eigenvalue weighted by molar-refractivity contribution is 8.00. The van der Waals surface area contributed by atoms with Crippen molar-refractivity contribution < 1.29 is 19.0 Å². The van der Waals surface area contributed by atoms with Gasteiger partial charge >= 0.3 is 0 Å². The van der Waals surface area contributed by atoms with Gasteiger partial charge in [0.1, 0.15) is 22.0 Å². The van der Waals surface area contributed by atoms with Gasteiger partial charge in [-0.25, -0.2) is 15.0 Å². The third-order valence-corrected chi connectivity index (χ3v) is 9.17. The number of nitrogens with zero attached hydrogens (tertiary/aromatic N) is 4. The molecule has 2 fully saturated rings. The first-order valence-electron chi connectivity index (χ1n) is 12.6. The van der Waals surface area contributed by atoms with Gasteiger partial charge in [0.15, 0.2) is 0 Å². The van der Waals surface area contributed by atoms with Gasteiger partial charge in [-0.1, -0.05) is 11.8 Å². The molecule has 3 aliphatic heterocycles. The van der Waals surface area contributed by atoms with Gasteiger partial charge in [-0.3, -0.25) is 4.79 Å². The lowest BCUT2D eigenvalue weighted by Gasteiger charge is -2.36. The summed E-state index contributed by atoms with van der Waals surface area (Å²) in [6, 6.07) is 0. The quantitative estimate of drug-likeness (QED) is 0.381. The topological polar surface area (TPSA) is 98.7 Å². The van der Waals surface area contributed by atoms with Crippen molar-refractivity contribution in [3.05, 3.63) is 17.5 Å². The Labute approximate surface area is 218 Å². The van der Waals surface area contributed by atoms with Crippen molar-refractivity contribution in [2.45, 2.75) is 56.4 Å². The first-order chi connectivity index (χ1) is 17.5. The molecule has 2 saturated heterocycles. The van der Waals surface area contributed by atoms with Crippen LogP contribution < -0.4 is 10.2 Å². The molecule has 1 amide bonds. The fraction of sp³-hybridized carbons (Fsp3) is 0.600. The number of amides is 1. The number of thiophene rings is 1. The average molecular weight is 530 g/mol. The molecule has 0 radical (unpaired) electrons. The van der Waals surface area contributed by atoms with Crippen LogP contribution in [0.5, 0.6) is 0 Å². The summed E-state index contributed by atoms with van der Waals surface area (Å²) in [6.07, 6.45) is 4.61. The van der Waals surface area contributed by atoms with Gasteiger partial charge in [-0.15, -0.1) is 11.3 Å². The van der Waals surface area contributed by atoms with Crippen LogP contribution in [0.4, 0.5) is 5.82 Å². The van der Waals surface area contributed by atoms with Crippen LogP contribution in [0.25, 0.3) is 20.4 Å². The molecular formula is C25H31N5O4S2. The van der Waals surface area contributed by atoms with Gasteiger partial charge in [0.05, 0.1) is 47.5 Å². The van der Waals surface area contributed by atoms with Gasteiger partial charge in [0, 0.05) is 43.6 Å². The number of fused-ring (bicyclic) bond motifs is 5. The summed E-state index contributed by atoms with van der Waals surface area (Å²) in [6.45, 7) is 9.21. The van der Waals surface area contributed by atoms with Crippen LogP contribution in [0.1, 0.15) is 37.8 Å². The van der Waals surface area contributed by atoms with Crippen LogP contribution in [0.2, 0.25) is 0 Å². The Morgan fingerprint density at radius 2 is 2.11 bits per heavy atom. The largest absolute Gasteiger partial charge is 0.378 e. The fourth-order valence-corrected chi connectivity index (χ4v) is 7.19. The van der Waals surface area contributed by atoms with Gasteiger partial charge < -0.3 is 24.4 Å². The molecule has 0 saturated carbocycles. The minimum atomic E-state index is -0.260. The van der Waals surface area contributed by atoms with E-state index >= 15 is 0 Å². The third kappa shape index (κ3) is 4.79. The summed E-state index contributed by atoms with van der Waals surface area (Å²) in [5.74, 6) is 1.30. The van der Waals surface area contributed by atoms with Crippen molar-refractivity contribution in [3.63, 3.8) is 0 Å². The summed E-state index contributed by atoms with van der Waals surface area (Å²) in [5.41, 5.74) is 3.09. The van der Waals surface area contributed by atoms with Crippen LogP contribution in [0.15, 0.2) is 11.4 Å². The Kier molecular flexibility index (Phi) is 6.76. The number of pyridine rings is 1. The van der Waals surface area contributed by atoms with E-state index < -0.39 is 0 Å². The maximum Gasteiger partial charge on any atom is 0.230 e. The molecule has 6 rings (SSSR count). The minimum absolute atomic E-state index is 0.00706. The monoisotopic (exact) mass is 529 g/mol. The Morgan fingerprint density at radius 1 is 1.25 bits per heavy atom. The maximum absolute atomic E-state index is 12.5. The smallest absolute Gasteiger partial charge is 0.230 e. The molecule has 3 aromatic heterocycles.